The Kier molecular flexibility index (Phi) is 2.58. The van der Waals surface area contributed by atoms with Gasteiger partial charge in [-0.15, -0.1) is 0 Å². The quantitative estimate of drug-likeness (QED) is 0.745. The molecule has 2 nitrogen and oxygen atoms in total. The van der Waals surface area contributed by atoms with E-state index in [1.54, 1.807) is 12.1 Å². The first-order chi connectivity index (χ1) is 7.38. The summed E-state index contributed by atoms with van der Waals surface area (Å²) in [5.74, 6) is 0.117. The van der Waals surface area contributed by atoms with Crippen molar-refractivity contribution in [1.82, 2.24) is 0 Å². The molecule has 0 bridgehead atoms. The molecule has 1 heterocycles. The molecule has 1 aliphatic heterocycles. The molecule has 2 unspecified atom stereocenters. The zero-order valence-electron chi connectivity index (χ0n) is 8.58. The minimum Gasteiger partial charge on any atom is -0.480 e. The molecule has 88 valence electrons. The summed E-state index contributed by atoms with van der Waals surface area (Å²) in [6, 6.07) is 4.77. The van der Waals surface area contributed by atoms with Gasteiger partial charge in [0.25, 0.3) is 0 Å². The second kappa shape index (κ2) is 3.66. The van der Waals surface area contributed by atoms with Crippen LogP contribution in [0.4, 0.5) is 13.2 Å². The third-order valence-corrected chi connectivity index (χ3v) is 2.60. The lowest BCUT2D eigenvalue weighted by molar-refractivity contribution is -0.207. The van der Waals surface area contributed by atoms with E-state index in [1.165, 1.54) is 6.07 Å². The molecular weight excluding hydrogens is 221 g/mol. The Bertz CT molecular complexity index is 401. The molecule has 2 rings (SSSR count). The lowest BCUT2D eigenvalue weighted by Crippen LogP contribution is -2.38. The first kappa shape index (κ1) is 11.3. The molecule has 1 N–H and O–H groups in total. The fraction of sp³-hybridized carbons (Fsp3) is 0.455. The fourth-order valence-corrected chi connectivity index (χ4v) is 1.77. The van der Waals surface area contributed by atoms with Crippen LogP contribution in [0.5, 0.6) is 5.75 Å². The van der Waals surface area contributed by atoms with E-state index in [0.717, 1.165) is 5.56 Å². The van der Waals surface area contributed by atoms with Crippen molar-refractivity contribution in [2.24, 2.45) is 0 Å². The number of hydrogen-bond acceptors (Lipinski definition) is 2. The average molecular weight is 232 g/mol. The van der Waals surface area contributed by atoms with Crippen LogP contribution in [-0.2, 0) is 0 Å². The average Bonchev–Trinajstić information content (AvgIpc) is 2.17. The van der Waals surface area contributed by atoms with Crippen LogP contribution < -0.4 is 4.74 Å². The summed E-state index contributed by atoms with van der Waals surface area (Å²) in [5, 5.41) is 9.64. The Morgan fingerprint density at radius 1 is 1.38 bits per heavy atom. The zero-order chi connectivity index (χ0) is 11.9. The van der Waals surface area contributed by atoms with Gasteiger partial charge in [0, 0.05) is 12.0 Å². The molecule has 16 heavy (non-hydrogen) atoms. The van der Waals surface area contributed by atoms with E-state index in [9.17, 15) is 18.3 Å². The van der Waals surface area contributed by atoms with Crippen LogP contribution in [0.2, 0.25) is 0 Å². The summed E-state index contributed by atoms with van der Waals surface area (Å²) in [7, 11) is 0. The molecule has 0 radical (unpaired) electrons. The number of fused-ring (bicyclic) bond motifs is 1. The first-order valence-corrected chi connectivity index (χ1v) is 4.90. The Hall–Kier alpha value is -1.23. The van der Waals surface area contributed by atoms with Gasteiger partial charge in [-0.1, -0.05) is 11.6 Å². The molecule has 0 fully saturated rings. The number of hydrogen-bond donors (Lipinski definition) is 1. The summed E-state index contributed by atoms with van der Waals surface area (Å²) in [5.41, 5.74) is 1.31. The third-order valence-electron chi connectivity index (χ3n) is 2.60. The van der Waals surface area contributed by atoms with E-state index in [0.29, 0.717) is 5.56 Å². The summed E-state index contributed by atoms with van der Waals surface area (Å²) in [6.07, 6.45) is -7.92. The van der Waals surface area contributed by atoms with Crippen molar-refractivity contribution >= 4 is 0 Å². The maximum absolute atomic E-state index is 12.5. The Morgan fingerprint density at radius 2 is 2.06 bits per heavy atom. The van der Waals surface area contributed by atoms with Gasteiger partial charge in [0.2, 0.25) is 0 Å². The van der Waals surface area contributed by atoms with Crippen molar-refractivity contribution in [3.63, 3.8) is 0 Å². The molecular formula is C11H11F3O2. The smallest absolute Gasteiger partial charge is 0.425 e. The number of aryl methyl sites for hydroxylation is 1. The van der Waals surface area contributed by atoms with Gasteiger partial charge in [0.05, 0.1) is 6.10 Å². The van der Waals surface area contributed by atoms with Crippen molar-refractivity contribution in [3.05, 3.63) is 29.3 Å². The van der Waals surface area contributed by atoms with Gasteiger partial charge in [-0.25, -0.2) is 0 Å². The predicted octanol–water partition coefficient (Wildman–Crippen LogP) is 2.74. The molecule has 0 spiro atoms. The maximum Gasteiger partial charge on any atom is 0.425 e. The van der Waals surface area contributed by atoms with Gasteiger partial charge in [0.1, 0.15) is 5.75 Å². The molecule has 1 aromatic rings. The van der Waals surface area contributed by atoms with Crippen LogP contribution in [0.25, 0.3) is 0 Å². The third kappa shape index (κ3) is 2.00. The zero-order valence-corrected chi connectivity index (χ0v) is 8.58. The van der Waals surface area contributed by atoms with Crippen LogP contribution in [0.15, 0.2) is 18.2 Å². The second-order valence-electron chi connectivity index (χ2n) is 3.94. The van der Waals surface area contributed by atoms with E-state index in [4.69, 9.17) is 4.74 Å². The standard InChI is InChI=1S/C11H11F3O2/c1-6-2-3-9-7(4-6)8(15)5-10(16-9)11(12,13)14/h2-4,8,10,15H,5H2,1H3. The topological polar surface area (TPSA) is 29.5 Å². The molecule has 0 aliphatic carbocycles. The predicted molar refractivity (Wildman–Crippen MR) is 51.2 cm³/mol. The number of ether oxygens (including phenoxy) is 1. The van der Waals surface area contributed by atoms with Gasteiger partial charge >= 0.3 is 6.18 Å². The van der Waals surface area contributed by atoms with Gasteiger partial charge in [-0.05, 0) is 19.1 Å². The van der Waals surface area contributed by atoms with E-state index in [1.807, 2.05) is 6.92 Å². The van der Waals surface area contributed by atoms with E-state index in [-0.39, 0.29) is 5.75 Å². The highest BCUT2D eigenvalue weighted by atomic mass is 19.4. The molecule has 0 saturated heterocycles. The SMILES string of the molecule is Cc1ccc2c(c1)C(O)CC(C(F)(F)F)O2. The molecule has 1 aromatic carbocycles. The van der Waals surface area contributed by atoms with Crippen molar-refractivity contribution in [3.8, 4) is 5.75 Å². The van der Waals surface area contributed by atoms with E-state index >= 15 is 0 Å². The number of halogens is 3. The van der Waals surface area contributed by atoms with Crippen molar-refractivity contribution < 1.29 is 23.0 Å². The molecule has 0 amide bonds. The molecule has 5 heteroatoms. The molecule has 0 aromatic heterocycles. The lowest BCUT2D eigenvalue weighted by atomic mass is 9.97. The van der Waals surface area contributed by atoms with Crippen molar-refractivity contribution in [2.45, 2.75) is 31.7 Å². The number of rotatable bonds is 0. The summed E-state index contributed by atoms with van der Waals surface area (Å²) in [6.45, 7) is 1.81. The molecule has 2 atom stereocenters. The number of alkyl halides is 3. The second-order valence-corrected chi connectivity index (χ2v) is 3.94. The van der Waals surface area contributed by atoms with Gasteiger partial charge < -0.3 is 9.84 Å². The van der Waals surface area contributed by atoms with Crippen LogP contribution in [0, 0.1) is 6.92 Å². The highest BCUT2D eigenvalue weighted by molar-refractivity contribution is 5.40. The van der Waals surface area contributed by atoms with Gasteiger partial charge in [-0.2, -0.15) is 13.2 Å². The maximum atomic E-state index is 12.5. The number of aliphatic hydroxyl groups is 1. The Balaban J connectivity index is 2.34. The lowest BCUT2D eigenvalue weighted by Gasteiger charge is -2.30. The number of aliphatic hydroxyl groups excluding tert-OH is 1. The van der Waals surface area contributed by atoms with Gasteiger partial charge in [0.15, 0.2) is 6.10 Å². The normalized spacial score (nSPS) is 24.8. The molecule has 0 saturated carbocycles. The van der Waals surface area contributed by atoms with Crippen LogP contribution in [0.1, 0.15) is 23.7 Å². The van der Waals surface area contributed by atoms with Crippen LogP contribution in [0.3, 0.4) is 0 Å². The van der Waals surface area contributed by atoms with E-state index in [2.05, 4.69) is 0 Å². The number of benzene rings is 1. The Labute approximate surface area is 90.7 Å². The van der Waals surface area contributed by atoms with Crippen LogP contribution in [-0.4, -0.2) is 17.4 Å². The first-order valence-electron chi connectivity index (χ1n) is 4.90. The Morgan fingerprint density at radius 3 is 2.69 bits per heavy atom. The monoisotopic (exact) mass is 232 g/mol. The fourth-order valence-electron chi connectivity index (χ4n) is 1.77. The van der Waals surface area contributed by atoms with E-state index < -0.39 is 24.8 Å². The largest absolute Gasteiger partial charge is 0.480 e. The summed E-state index contributed by atoms with van der Waals surface area (Å²) in [4.78, 5) is 0. The molecule has 1 aliphatic rings. The summed E-state index contributed by atoms with van der Waals surface area (Å²) < 4.78 is 42.2. The van der Waals surface area contributed by atoms with Crippen molar-refractivity contribution in [1.29, 1.82) is 0 Å². The minimum atomic E-state index is -4.44. The van der Waals surface area contributed by atoms with Gasteiger partial charge in [-0.3, -0.25) is 0 Å². The highest BCUT2D eigenvalue weighted by Gasteiger charge is 2.45. The van der Waals surface area contributed by atoms with Crippen LogP contribution >= 0.6 is 0 Å². The minimum absolute atomic E-state index is 0.117. The van der Waals surface area contributed by atoms with Crippen molar-refractivity contribution in [2.75, 3.05) is 0 Å². The summed E-state index contributed by atoms with van der Waals surface area (Å²) >= 11 is 0. The highest BCUT2D eigenvalue weighted by Crippen LogP contribution is 2.40.